The first-order chi connectivity index (χ1) is 13.7. The zero-order chi connectivity index (χ0) is 21.2. The molecule has 1 aliphatic rings. The van der Waals surface area contributed by atoms with Crippen molar-refractivity contribution < 1.29 is 24.0 Å². The highest BCUT2D eigenvalue weighted by atomic mass is 16.6. The molecule has 29 heavy (non-hydrogen) atoms. The number of amides is 3. The zero-order valence-electron chi connectivity index (χ0n) is 15.9. The summed E-state index contributed by atoms with van der Waals surface area (Å²) in [5, 5.41) is 13.6. The summed E-state index contributed by atoms with van der Waals surface area (Å²) < 4.78 is 5.05. The van der Waals surface area contributed by atoms with Gasteiger partial charge in [-0.05, 0) is 25.5 Å². The lowest BCUT2D eigenvalue weighted by molar-refractivity contribution is -0.385. The Kier molecular flexibility index (Phi) is 5.31. The number of nitro benzene ring substituents is 1. The average Bonchev–Trinajstić information content (AvgIpc) is 2.91. The van der Waals surface area contributed by atoms with Gasteiger partial charge in [0.2, 0.25) is 0 Å². The van der Waals surface area contributed by atoms with Gasteiger partial charge in [0.15, 0.2) is 0 Å². The van der Waals surface area contributed by atoms with E-state index in [-0.39, 0.29) is 17.9 Å². The van der Waals surface area contributed by atoms with E-state index in [4.69, 9.17) is 4.74 Å². The molecular formula is C20H19N3O6. The number of ether oxygens (including phenoxy) is 1. The Hall–Kier alpha value is -3.75. The van der Waals surface area contributed by atoms with Gasteiger partial charge in [-0.25, -0.2) is 4.79 Å². The summed E-state index contributed by atoms with van der Waals surface area (Å²) in [5.74, 6) is -1.42. The fraction of sp³-hybridized carbons (Fsp3) is 0.250. The quantitative estimate of drug-likeness (QED) is 0.346. The molecule has 0 spiro atoms. The van der Waals surface area contributed by atoms with Crippen LogP contribution in [0.2, 0.25) is 0 Å². The number of hydrogen-bond acceptors (Lipinski definition) is 6. The molecule has 2 aromatic rings. The van der Waals surface area contributed by atoms with Gasteiger partial charge in [-0.3, -0.25) is 24.6 Å². The van der Waals surface area contributed by atoms with Gasteiger partial charge in [-0.15, -0.1) is 0 Å². The number of nitrogens with one attached hydrogen (secondary N) is 1. The monoisotopic (exact) mass is 397 g/mol. The number of para-hydroxylation sites is 1. The molecule has 3 rings (SSSR count). The number of nitrogens with zero attached hydrogens (tertiary/aromatic N) is 2. The number of carbonyl (C=O) groups excluding carboxylic acids is 3. The van der Waals surface area contributed by atoms with Gasteiger partial charge in [0.05, 0.1) is 10.5 Å². The van der Waals surface area contributed by atoms with E-state index in [0.717, 1.165) is 10.5 Å². The predicted molar refractivity (Wildman–Crippen MR) is 102 cm³/mol. The molecule has 1 fully saturated rings. The predicted octanol–water partition coefficient (Wildman–Crippen LogP) is 2.41. The molecular weight excluding hydrogens is 378 g/mol. The molecule has 0 radical (unpaired) electrons. The largest absolute Gasteiger partial charge is 0.459 e. The summed E-state index contributed by atoms with van der Waals surface area (Å²) in [6.07, 6.45) is 0. The number of esters is 1. The minimum absolute atomic E-state index is 0.178. The van der Waals surface area contributed by atoms with Crippen molar-refractivity contribution in [3.8, 4) is 0 Å². The Labute approximate surface area is 166 Å². The lowest BCUT2D eigenvalue weighted by Gasteiger charge is -2.22. The molecule has 9 nitrogen and oxygen atoms in total. The molecule has 3 amide bonds. The van der Waals surface area contributed by atoms with Crippen LogP contribution in [0.1, 0.15) is 23.6 Å². The first-order valence-electron chi connectivity index (χ1n) is 8.81. The summed E-state index contributed by atoms with van der Waals surface area (Å²) in [5.41, 5.74) is 0.347. The normalized spacial score (nSPS) is 18.5. The Bertz CT molecular complexity index is 988. The molecule has 1 atom stereocenters. The van der Waals surface area contributed by atoms with Gasteiger partial charge >= 0.3 is 12.0 Å². The molecule has 0 unspecified atom stereocenters. The molecule has 1 aliphatic heterocycles. The van der Waals surface area contributed by atoms with E-state index in [1.807, 2.05) is 19.1 Å². The zero-order valence-corrected chi connectivity index (χ0v) is 15.9. The van der Waals surface area contributed by atoms with Crippen LogP contribution in [0, 0.1) is 17.0 Å². The number of nitro groups is 1. The molecule has 2 aromatic carbocycles. The van der Waals surface area contributed by atoms with Crippen molar-refractivity contribution in [2.75, 3.05) is 6.54 Å². The van der Waals surface area contributed by atoms with E-state index in [9.17, 15) is 24.5 Å². The molecule has 0 aromatic heterocycles. The third-order valence-electron chi connectivity index (χ3n) is 4.77. The minimum atomic E-state index is -1.29. The third-order valence-corrected chi connectivity index (χ3v) is 4.77. The molecule has 1 N–H and O–H groups in total. The van der Waals surface area contributed by atoms with Crippen LogP contribution < -0.4 is 5.32 Å². The van der Waals surface area contributed by atoms with E-state index >= 15 is 0 Å². The Morgan fingerprint density at radius 1 is 1.17 bits per heavy atom. The van der Waals surface area contributed by atoms with Gasteiger partial charge in [0.1, 0.15) is 18.7 Å². The summed E-state index contributed by atoms with van der Waals surface area (Å²) in [6.45, 7) is 2.54. The number of rotatable bonds is 6. The number of urea groups is 1. The van der Waals surface area contributed by atoms with E-state index in [2.05, 4.69) is 5.32 Å². The third kappa shape index (κ3) is 3.93. The van der Waals surface area contributed by atoms with Crippen molar-refractivity contribution in [2.45, 2.75) is 26.0 Å². The Morgan fingerprint density at radius 2 is 1.83 bits per heavy atom. The van der Waals surface area contributed by atoms with E-state index in [1.54, 1.807) is 25.1 Å². The SMILES string of the molecule is Cc1ccc([C@@]2(C)NC(=O)N(CC(=O)OCc3ccccc3[N+](=O)[O-])C2=O)cc1. The number of carbonyl (C=O) groups is 3. The summed E-state index contributed by atoms with van der Waals surface area (Å²) in [4.78, 5) is 48.5. The lowest BCUT2D eigenvalue weighted by Crippen LogP contribution is -2.41. The van der Waals surface area contributed by atoms with Crippen molar-refractivity contribution in [1.82, 2.24) is 10.2 Å². The van der Waals surface area contributed by atoms with Crippen molar-refractivity contribution >= 4 is 23.6 Å². The van der Waals surface area contributed by atoms with Gasteiger partial charge in [0.25, 0.3) is 11.6 Å². The van der Waals surface area contributed by atoms with E-state index < -0.39 is 34.9 Å². The molecule has 0 saturated carbocycles. The van der Waals surface area contributed by atoms with Gasteiger partial charge in [0, 0.05) is 6.07 Å². The molecule has 150 valence electrons. The van der Waals surface area contributed by atoms with Gasteiger partial charge in [-0.1, -0.05) is 42.0 Å². The van der Waals surface area contributed by atoms with Gasteiger partial charge in [-0.2, -0.15) is 0 Å². The van der Waals surface area contributed by atoms with Crippen LogP contribution in [-0.2, 0) is 26.5 Å². The van der Waals surface area contributed by atoms with Crippen LogP contribution in [0.4, 0.5) is 10.5 Å². The summed E-state index contributed by atoms with van der Waals surface area (Å²) in [7, 11) is 0. The molecule has 1 heterocycles. The fourth-order valence-electron chi connectivity index (χ4n) is 3.07. The number of aryl methyl sites for hydroxylation is 1. The topological polar surface area (TPSA) is 119 Å². The van der Waals surface area contributed by atoms with Crippen LogP contribution >= 0.6 is 0 Å². The van der Waals surface area contributed by atoms with Crippen LogP contribution in [0.5, 0.6) is 0 Å². The second kappa shape index (κ2) is 7.70. The number of benzene rings is 2. The van der Waals surface area contributed by atoms with Gasteiger partial charge < -0.3 is 10.1 Å². The maximum Gasteiger partial charge on any atom is 0.326 e. The number of imide groups is 1. The highest BCUT2D eigenvalue weighted by molar-refractivity contribution is 6.08. The lowest BCUT2D eigenvalue weighted by atomic mass is 9.91. The van der Waals surface area contributed by atoms with Crippen molar-refractivity contribution in [3.05, 3.63) is 75.3 Å². The first-order valence-corrected chi connectivity index (χ1v) is 8.81. The molecule has 1 saturated heterocycles. The van der Waals surface area contributed by atoms with Crippen LogP contribution in [-0.4, -0.2) is 34.3 Å². The maximum absolute atomic E-state index is 12.8. The summed E-state index contributed by atoms with van der Waals surface area (Å²) >= 11 is 0. The van der Waals surface area contributed by atoms with E-state index in [1.165, 1.54) is 18.2 Å². The Morgan fingerprint density at radius 3 is 2.48 bits per heavy atom. The Balaban J connectivity index is 1.68. The van der Waals surface area contributed by atoms with Crippen molar-refractivity contribution in [2.24, 2.45) is 0 Å². The van der Waals surface area contributed by atoms with Crippen LogP contribution in [0.15, 0.2) is 48.5 Å². The molecule has 9 heteroatoms. The van der Waals surface area contributed by atoms with Crippen LogP contribution in [0.25, 0.3) is 0 Å². The second-order valence-electron chi connectivity index (χ2n) is 6.86. The first kappa shape index (κ1) is 20.0. The highest BCUT2D eigenvalue weighted by Crippen LogP contribution is 2.29. The second-order valence-corrected chi connectivity index (χ2v) is 6.86. The smallest absolute Gasteiger partial charge is 0.326 e. The van der Waals surface area contributed by atoms with E-state index in [0.29, 0.717) is 5.56 Å². The molecule has 0 aliphatic carbocycles. The van der Waals surface area contributed by atoms with Crippen molar-refractivity contribution in [1.29, 1.82) is 0 Å². The standard InChI is InChI=1S/C20H19N3O6/c1-13-7-9-15(10-8-13)20(2)18(25)22(19(26)21-20)11-17(24)29-12-14-5-3-4-6-16(14)23(27)28/h3-10H,11-12H2,1-2H3,(H,21,26)/t20-/m1/s1. The molecule has 0 bridgehead atoms. The minimum Gasteiger partial charge on any atom is -0.459 e. The number of hydrogen-bond donors (Lipinski definition) is 1. The highest BCUT2D eigenvalue weighted by Gasteiger charge is 2.49. The van der Waals surface area contributed by atoms with Crippen LogP contribution in [0.3, 0.4) is 0 Å². The van der Waals surface area contributed by atoms with Crippen molar-refractivity contribution in [3.63, 3.8) is 0 Å². The maximum atomic E-state index is 12.8. The fourth-order valence-corrected chi connectivity index (χ4v) is 3.07. The average molecular weight is 397 g/mol. The summed E-state index contributed by atoms with van der Waals surface area (Å²) in [6, 6.07) is 12.3.